The van der Waals surface area contributed by atoms with Gasteiger partial charge in [0.15, 0.2) is 0 Å². The van der Waals surface area contributed by atoms with Crippen LogP contribution in [0.15, 0.2) is 48.5 Å². The first-order valence-electron chi connectivity index (χ1n) is 10.2. The van der Waals surface area contributed by atoms with E-state index in [9.17, 15) is 14.4 Å². The van der Waals surface area contributed by atoms with Gasteiger partial charge >= 0.3 is 12.1 Å². The number of fused-ring (bicyclic) bond motifs is 3. The monoisotopic (exact) mass is 424 g/mol. The molecule has 4 rings (SSSR count). The summed E-state index contributed by atoms with van der Waals surface area (Å²) in [7, 11) is 0. The van der Waals surface area contributed by atoms with Crippen molar-refractivity contribution in [3.8, 4) is 11.1 Å². The number of benzene rings is 2. The van der Waals surface area contributed by atoms with Gasteiger partial charge < -0.3 is 25.6 Å². The number of aliphatic carboxylic acids is 1. The summed E-state index contributed by atoms with van der Waals surface area (Å²) in [6, 6.07) is 14.5. The molecule has 1 atom stereocenters. The SMILES string of the molecule is O=C(NC1(C(=O)N[C@H](CO)C(=O)O)CCC1)OCC1c2ccccc2-c2ccccc21. The summed E-state index contributed by atoms with van der Waals surface area (Å²) in [5, 5.41) is 23.1. The first-order chi connectivity index (χ1) is 14.9. The Morgan fingerprint density at radius 2 is 1.61 bits per heavy atom. The molecule has 2 aliphatic carbocycles. The Morgan fingerprint density at radius 3 is 2.10 bits per heavy atom. The molecule has 0 aliphatic heterocycles. The highest BCUT2D eigenvalue weighted by atomic mass is 16.5. The Labute approximate surface area is 179 Å². The van der Waals surface area contributed by atoms with Crippen molar-refractivity contribution in [1.82, 2.24) is 10.6 Å². The number of carbonyl (C=O) groups excluding carboxylic acids is 2. The van der Waals surface area contributed by atoms with E-state index in [-0.39, 0.29) is 12.5 Å². The summed E-state index contributed by atoms with van der Waals surface area (Å²) >= 11 is 0. The Morgan fingerprint density at radius 1 is 1.03 bits per heavy atom. The molecule has 0 heterocycles. The van der Waals surface area contributed by atoms with Crippen molar-refractivity contribution in [2.75, 3.05) is 13.2 Å². The molecule has 1 saturated carbocycles. The minimum absolute atomic E-state index is 0.102. The van der Waals surface area contributed by atoms with Crippen LogP contribution in [0.5, 0.6) is 0 Å². The molecule has 0 radical (unpaired) electrons. The van der Waals surface area contributed by atoms with Gasteiger partial charge in [0, 0.05) is 5.92 Å². The zero-order valence-electron chi connectivity index (χ0n) is 16.8. The second-order valence-electron chi connectivity index (χ2n) is 7.93. The van der Waals surface area contributed by atoms with Crippen molar-refractivity contribution in [3.63, 3.8) is 0 Å². The van der Waals surface area contributed by atoms with Crippen molar-refractivity contribution in [1.29, 1.82) is 0 Å². The fourth-order valence-electron chi connectivity index (χ4n) is 4.25. The summed E-state index contributed by atoms with van der Waals surface area (Å²) in [5.41, 5.74) is 3.18. The van der Waals surface area contributed by atoms with E-state index in [1.54, 1.807) is 0 Å². The van der Waals surface area contributed by atoms with Crippen LogP contribution in [0.2, 0.25) is 0 Å². The highest BCUT2D eigenvalue weighted by Gasteiger charge is 2.47. The quantitative estimate of drug-likeness (QED) is 0.539. The van der Waals surface area contributed by atoms with Crippen LogP contribution < -0.4 is 10.6 Å². The number of nitrogens with one attached hydrogen (secondary N) is 2. The molecule has 31 heavy (non-hydrogen) atoms. The van der Waals surface area contributed by atoms with Crippen LogP contribution >= 0.6 is 0 Å². The second-order valence-corrected chi connectivity index (χ2v) is 7.93. The van der Waals surface area contributed by atoms with Crippen LogP contribution in [0.4, 0.5) is 4.79 Å². The maximum atomic E-state index is 12.6. The lowest BCUT2D eigenvalue weighted by atomic mass is 9.76. The van der Waals surface area contributed by atoms with Gasteiger partial charge in [-0.25, -0.2) is 9.59 Å². The van der Waals surface area contributed by atoms with Crippen molar-refractivity contribution in [2.24, 2.45) is 0 Å². The molecule has 2 aliphatic rings. The first-order valence-corrected chi connectivity index (χ1v) is 10.2. The van der Waals surface area contributed by atoms with E-state index >= 15 is 0 Å². The third-order valence-corrected chi connectivity index (χ3v) is 6.11. The first kappa shape index (κ1) is 20.9. The van der Waals surface area contributed by atoms with Gasteiger partial charge in [0.25, 0.3) is 0 Å². The van der Waals surface area contributed by atoms with Gasteiger partial charge in [-0.05, 0) is 41.5 Å². The lowest BCUT2D eigenvalue weighted by Gasteiger charge is -2.40. The Hall–Kier alpha value is -3.39. The molecule has 8 heteroatoms. The second kappa shape index (κ2) is 8.39. The molecular weight excluding hydrogens is 400 g/mol. The summed E-state index contributed by atoms with van der Waals surface area (Å²) in [6.45, 7) is -0.617. The van der Waals surface area contributed by atoms with Gasteiger partial charge in [0.2, 0.25) is 5.91 Å². The van der Waals surface area contributed by atoms with Crippen LogP contribution in [0, 0.1) is 0 Å². The third kappa shape index (κ3) is 3.86. The molecule has 0 bridgehead atoms. The third-order valence-electron chi connectivity index (χ3n) is 6.11. The molecular formula is C23H24N2O6. The standard InChI is InChI=1S/C23H24N2O6/c26-12-19(20(27)28)24-21(29)23(10-5-11-23)25-22(30)31-13-18-16-8-3-1-6-14(16)15-7-2-4-9-17(15)18/h1-4,6-9,18-19,26H,5,10-13H2,(H,24,29)(H,25,30)(H,27,28)/t19-/m1/s1. The zero-order valence-corrected chi connectivity index (χ0v) is 16.8. The highest BCUT2D eigenvalue weighted by molar-refractivity contribution is 5.93. The normalized spacial score (nSPS) is 16.9. The Kier molecular flexibility index (Phi) is 5.65. The number of carbonyl (C=O) groups is 3. The van der Waals surface area contributed by atoms with Gasteiger partial charge in [-0.15, -0.1) is 0 Å². The van der Waals surface area contributed by atoms with Crippen LogP contribution in [0.1, 0.15) is 36.3 Å². The summed E-state index contributed by atoms with van der Waals surface area (Å²) in [5.74, 6) is -2.07. The average Bonchev–Trinajstić information content (AvgIpc) is 3.06. The fraction of sp³-hybridized carbons (Fsp3) is 0.348. The van der Waals surface area contributed by atoms with Gasteiger partial charge in [-0.1, -0.05) is 48.5 Å². The van der Waals surface area contributed by atoms with E-state index < -0.39 is 36.2 Å². The van der Waals surface area contributed by atoms with E-state index in [1.165, 1.54) is 0 Å². The Balaban J connectivity index is 1.42. The molecule has 2 aromatic rings. The van der Waals surface area contributed by atoms with Crippen molar-refractivity contribution < 1.29 is 29.3 Å². The predicted molar refractivity (Wildman–Crippen MR) is 111 cm³/mol. The van der Waals surface area contributed by atoms with E-state index in [2.05, 4.69) is 10.6 Å². The number of amides is 2. The average molecular weight is 424 g/mol. The molecule has 4 N–H and O–H groups in total. The molecule has 0 unspecified atom stereocenters. The lowest BCUT2D eigenvalue weighted by molar-refractivity contribution is -0.145. The van der Waals surface area contributed by atoms with Crippen LogP contribution in [-0.4, -0.2) is 53.0 Å². The highest BCUT2D eigenvalue weighted by Crippen LogP contribution is 2.44. The number of rotatable bonds is 7. The smallest absolute Gasteiger partial charge is 0.408 e. The minimum atomic E-state index is -1.42. The Bertz CT molecular complexity index is 971. The van der Waals surface area contributed by atoms with E-state index in [0.717, 1.165) is 22.3 Å². The van der Waals surface area contributed by atoms with Gasteiger partial charge in [-0.2, -0.15) is 0 Å². The number of carboxylic acids is 1. The van der Waals surface area contributed by atoms with Crippen LogP contribution in [0.25, 0.3) is 11.1 Å². The van der Waals surface area contributed by atoms with Crippen molar-refractivity contribution in [2.45, 2.75) is 36.8 Å². The number of aliphatic hydroxyl groups is 1. The summed E-state index contributed by atoms with van der Waals surface area (Å²) in [4.78, 5) is 36.2. The van der Waals surface area contributed by atoms with E-state index in [4.69, 9.17) is 14.9 Å². The van der Waals surface area contributed by atoms with Crippen molar-refractivity contribution in [3.05, 3.63) is 59.7 Å². The minimum Gasteiger partial charge on any atom is -0.480 e. The number of alkyl carbamates (subject to hydrolysis) is 1. The maximum absolute atomic E-state index is 12.6. The molecule has 2 amide bonds. The maximum Gasteiger partial charge on any atom is 0.408 e. The molecule has 2 aromatic carbocycles. The van der Waals surface area contributed by atoms with Crippen molar-refractivity contribution >= 4 is 18.0 Å². The summed E-state index contributed by atoms with van der Waals surface area (Å²) < 4.78 is 5.50. The molecule has 8 nitrogen and oxygen atoms in total. The molecule has 0 aromatic heterocycles. The molecule has 0 saturated heterocycles. The predicted octanol–water partition coefficient (Wildman–Crippen LogP) is 2.01. The fourth-order valence-corrected chi connectivity index (χ4v) is 4.25. The molecule has 1 fully saturated rings. The van der Waals surface area contributed by atoms with Gasteiger partial charge in [0.1, 0.15) is 18.2 Å². The van der Waals surface area contributed by atoms with Gasteiger partial charge in [-0.3, -0.25) is 4.79 Å². The molecule has 162 valence electrons. The number of hydrogen-bond donors (Lipinski definition) is 4. The van der Waals surface area contributed by atoms with Gasteiger partial charge in [0.05, 0.1) is 6.61 Å². The van der Waals surface area contributed by atoms with E-state index in [1.807, 2.05) is 48.5 Å². The number of hydrogen-bond acceptors (Lipinski definition) is 5. The van der Waals surface area contributed by atoms with Crippen LogP contribution in [-0.2, 0) is 14.3 Å². The largest absolute Gasteiger partial charge is 0.480 e. The number of aliphatic hydroxyl groups excluding tert-OH is 1. The lowest BCUT2D eigenvalue weighted by Crippen LogP contribution is -2.65. The van der Waals surface area contributed by atoms with Crippen LogP contribution in [0.3, 0.4) is 0 Å². The zero-order chi connectivity index (χ0) is 22.0. The number of carboxylic acid groups (broad SMARTS) is 1. The molecule has 0 spiro atoms. The topological polar surface area (TPSA) is 125 Å². The van der Waals surface area contributed by atoms with E-state index in [0.29, 0.717) is 19.3 Å². The number of ether oxygens (including phenoxy) is 1. The summed E-state index contributed by atoms with van der Waals surface area (Å²) in [6.07, 6.45) is 0.739.